The van der Waals surface area contributed by atoms with Gasteiger partial charge in [-0.2, -0.15) is 0 Å². The molecule has 0 N–H and O–H groups in total. The molecule has 1 aliphatic rings. The van der Waals surface area contributed by atoms with E-state index in [9.17, 15) is 9.59 Å². The fourth-order valence-corrected chi connectivity index (χ4v) is 3.21. The summed E-state index contributed by atoms with van der Waals surface area (Å²) < 4.78 is 12.5. The third-order valence-corrected chi connectivity index (χ3v) is 4.86. The summed E-state index contributed by atoms with van der Waals surface area (Å²) in [5, 5.41) is 0.676. The molecule has 2 heterocycles. The Morgan fingerprint density at radius 2 is 1.85 bits per heavy atom. The second-order valence-electron chi connectivity index (χ2n) is 6.51. The smallest absolute Gasteiger partial charge is 0.255 e. The molecule has 0 unspecified atom stereocenters. The molecule has 27 heavy (non-hydrogen) atoms. The maximum Gasteiger partial charge on any atom is 0.255 e. The summed E-state index contributed by atoms with van der Waals surface area (Å²) in [6, 6.07) is 10.3. The lowest BCUT2D eigenvalue weighted by atomic mass is 10.1. The number of aromatic nitrogens is 1. The van der Waals surface area contributed by atoms with E-state index in [4.69, 9.17) is 21.1 Å². The molecule has 2 aromatic rings. The highest BCUT2D eigenvalue weighted by Gasteiger charge is 2.25. The largest absolute Gasteiger partial charge is 0.490 e. The molecule has 0 radical (unpaired) electrons. The van der Waals surface area contributed by atoms with Gasteiger partial charge >= 0.3 is 0 Å². The summed E-state index contributed by atoms with van der Waals surface area (Å²) in [5.41, 5.74) is 0.376. The summed E-state index contributed by atoms with van der Waals surface area (Å²) in [7, 11) is 1.58. The van der Waals surface area contributed by atoms with Crippen LogP contribution in [0.2, 0.25) is 5.02 Å². The second-order valence-corrected chi connectivity index (χ2v) is 6.94. The summed E-state index contributed by atoms with van der Waals surface area (Å²) in [5.74, 6) is 0.723. The summed E-state index contributed by atoms with van der Waals surface area (Å²) in [4.78, 5) is 26.4. The van der Waals surface area contributed by atoms with E-state index in [1.54, 1.807) is 31.5 Å². The number of nitrogens with zero attached hydrogens (tertiary/aromatic N) is 2. The number of carbonyl (C=O) groups is 1. The molecule has 0 bridgehead atoms. The van der Waals surface area contributed by atoms with Crippen LogP contribution in [0.1, 0.15) is 23.2 Å². The molecule has 1 saturated heterocycles. The van der Waals surface area contributed by atoms with Gasteiger partial charge in [-0.05, 0) is 30.3 Å². The van der Waals surface area contributed by atoms with Crippen LogP contribution in [0, 0.1) is 0 Å². The number of hydrogen-bond donors (Lipinski definition) is 0. The number of ether oxygens (including phenoxy) is 2. The van der Waals surface area contributed by atoms with Gasteiger partial charge in [-0.3, -0.25) is 9.59 Å². The molecule has 0 spiro atoms. The molecule has 1 amide bonds. The van der Waals surface area contributed by atoms with E-state index in [0.717, 1.165) is 18.6 Å². The lowest BCUT2D eigenvalue weighted by Gasteiger charge is -2.32. The molecular weight excluding hydrogens is 368 g/mol. The number of carbonyl (C=O) groups excluding carboxylic acids is 1. The van der Waals surface area contributed by atoms with Crippen molar-refractivity contribution in [3.8, 4) is 5.75 Å². The van der Waals surface area contributed by atoms with Crippen LogP contribution in [0.3, 0.4) is 0 Å². The molecule has 0 atom stereocenters. The fourth-order valence-electron chi connectivity index (χ4n) is 3.09. The summed E-state index contributed by atoms with van der Waals surface area (Å²) >= 11 is 5.89. The van der Waals surface area contributed by atoms with E-state index in [1.807, 2.05) is 17.0 Å². The third kappa shape index (κ3) is 5.11. The zero-order valence-corrected chi connectivity index (χ0v) is 16.0. The summed E-state index contributed by atoms with van der Waals surface area (Å²) in [6.07, 6.45) is 3.21. The number of amides is 1. The minimum atomic E-state index is -0.140. The average molecular weight is 391 g/mol. The van der Waals surface area contributed by atoms with Crippen LogP contribution < -0.4 is 10.3 Å². The molecule has 1 aliphatic heterocycles. The maximum atomic E-state index is 12.8. The van der Waals surface area contributed by atoms with Crippen molar-refractivity contribution in [2.45, 2.75) is 25.5 Å². The number of methoxy groups -OCH3 is 1. The van der Waals surface area contributed by atoms with Crippen LogP contribution in [0.5, 0.6) is 5.75 Å². The first-order chi connectivity index (χ1) is 13.1. The van der Waals surface area contributed by atoms with E-state index in [0.29, 0.717) is 36.8 Å². The highest BCUT2D eigenvalue weighted by Crippen LogP contribution is 2.21. The minimum absolute atomic E-state index is 0.0638. The first-order valence-corrected chi connectivity index (χ1v) is 9.35. The van der Waals surface area contributed by atoms with Crippen molar-refractivity contribution in [2.75, 3.05) is 26.8 Å². The van der Waals surface area contributed by atoms with Crippen LogP contribution >= 0.6 is 11.6 Å². The van der Waals surface area contributed by atoms with Gasteiger partial charge in [0.15, 0.2) is 0 Å². The molecule has 3 rings (SSSR count). The Hall–Kier alpha value is -2.31. The van der Waals surface area contributed by atoms with Crippen LogP contribution in [0.15, 0.2) is 47.4 Å². The van der Waals surface area contributed by atoms with Crippen molar-refractivity contribution in [1.29, 1.82) is 0 Å². The van der Waals surface area contributed by atoms with Crippen molar-refractivity contribution >= 4 is 17.5 Å². The Morgan fingerprint density at radius 3 is 2.52 bits per heavy atom. The monoisotopic (exact) mass is 390 g/mol. The maximum absolute atomic E-state index is 12.8. The van der Waals surface area contributed by atoms with Gasteiger partial charge in [0.1, 0.15) is 11.9 Å². The quantitative estimate of drug-likeness (QED) is 0.761. The molecule has 1 aromatic heterocycles. The van der Waals surface area contributed by atoms with E-state index in [-0.39, 0.29) is 17.6 Å². The Bertz CT molecular complexity index is 827. The van der Waals surface area contributed by atoms with Gasteiger partial charge in [-0.25, -0.2) is 0 Å². The normalized spacial score (nSPS) is 15.0. The van der Waals surface area contributed by atoms with E-state index >= 15 is 0 Å². The van der Waals surface area contributed by atoms with Gasteiger partial charge in [-0.1, -0.05) is 11.6 Å². The Labute approximate surface area is 163 Å². The van der Waals surface area contributed by atoms with Crippen molar-refractivity contribution in [1.82, 2.24) is 9.47 Å². The first kappa shape index (κ1) is 19.5. The van der Waals surface area contributed by atoms with Crippen LogP contribution in [0.4, 0.5) is 0 Å². The number of pyridine rings is 1. The Kier molecular flexibility index (Phi) is 6.53. The van der Waals surface area contributed by atoms with Crippen molar-refractivity contribution in [3.63, 3.8) is 0 Å². The van der Waals surface area contributed by atoms with Crippen molar-refractivity contribution in [3.05, 3.63) is 63.5 Å². The number of likely N-dealkylation sites (tertiary alicyclic amines) is 1. The van der Waals surface area contributed by atoms with E-state index < -0.39 is 0 Å². The van der Waals surface area contributed by atoms with Gasteiger partial charge in [0, 0.05) is 56.9 Å². The van der Waals surface area contributed by atoms with Crippen molar-refractivity contribution < 1.29 is 14.3 Å². The molecule has 0 aliphatic carbocycles. The molecule has 1 fully saturated rings. The van der Waals surface area contributed by atoms with Gasteiger partial charge in [0.25, 0.3) is 11.5 Å². The zero-order valence-electron chi connectivity index (χ0n) is 15.3. The number of benzene rings is 1. The predicted octanol–water partition coefficient (Wildman–Crippen LogP) is 2.83. The van der Waals surface area contributed by atoms with Gasteiger partial charge in [0.05, 0.1) is 12.2 Å². The van der Waals surface area contributed by atoms with E-state index in [2.05, 4.69) is 0 Å². The number of rotatable bonds is 6. The lowest BCUT2D eigenvalue weighted by molar-refractivity contribution is 0.0594. The molecule has 0 saturated carbocycles. The van der Waals surface area contributed by atoms with Crippen LogP contribution in [0.25, 0.3) is 0 Å². The highest BCUT2D eigenvalue weighted by molar-refractivity contribution is 6.30. The standard InChI is InChI=1S/C20H23ClN2O4/c1-26-13-12-23-14-15(2-7-19(23)24)20(25)22-10-8-18(9-11-22)27-17-5-3-16(21)4-6-17/h2-7,14,18H,8-13H2,1H3. The Morgan fingerprint density at radius 1 is 1.15 bits per heavy atom. The van der Waals surface area contributed by atoms with Gasteiger partial charge in [-0.15, -0.1) is 0 Å². The number of halogens is 1. The molecule has 1 aromatic carbocycles. The molecular formula is C20H23ClN2O4. The molecule has 6 nitrogen and oxygen atoms in total. The second kappa shape index (κ2) is 9.06. The summed E-state index contributed by atoms with van der Waals surface area (Å²) in [6.45, 7) is 2.08. The van der Waals surface area contributed by atoms with E-state index in [1.165, 1.54) is 10.6 Å². The first-order valence-electron chi connectivity index (χ1n) is 8.98. The molecule has 7 heteroatoms. The van der Waals surface area contributed by atoms with Gasteiger partial charge < -0.3 is 18.9 Å². The molecule has 144 valence electrons. The van der Waals surface area contributed by atoms with Crippen LogP contribution in [-0.4, -0.2) is 48.3 Å². The highest BCUT2D eigenvalue weighted by atomic mass is 35.5. The third-order valence-electron chi connectivity index (χ3n) is 4.61. The average Bonchev–Trinajstić information content (AvgIpc) is 2.69. The number of hydrogen-bond acceptors (Lipinski definition) is 4. The minimum Gasteiger partial charge on any atom is -0.490 e. The Balaban J connectivity index is 1.58. The topological polar surface area (TPSA) is 60.8 Å². The SMILES string of the molecule is COCCn1cc(C(=O)N2CCC(Oc3ccc(Cl)cc3)CC2)ccc1=O. The van der Waals surface area contributed by atoms with Gasteiger partial charge in [0.2, 0.25) is 0 Å². The predicted molar refractivity (Wildman–Crippen MR) is 104 cm³/mol. The van der Waals surface area contributed by atoms with Crippen LogP contribution in [-0.2, 0) is 11.3 Å². The lowest BCUT2D eigenvalue weighted by Crippen LogP contribution is -2.42. The van der Waals surface area contributed by atoms with Crippen molar-refractivity contribution in [2.24, 2.45) is 0 Å². The number of piperidine rings is 1. The fraction of sp³-hybridized carbons (Fsp3) is 0.400. The zero-order chi connectivity index (χ0) is 19.2.